The van der Waals surface area contributed by atoms with Crippen molar-refractivity contribution in [1.82, 2.24) is 20.2 Å². The minimum atomic E-state index is -0.904. The highest BCUT2D eigenvalue weighted by molar-refractivity contribution is 6.01. The molecular weight excluding hydrogens is 543 g/mol. The number of phenols is 1. The van der Waals surface area contributed by atoms with E-state index in [1.807, 2.05) is 6.07 Å². The van der Waals surface area contributed by atoms with E-state index in [2.05, 4.69) is 20.1 Å². The molecule has 218 valence electrons. The van der Waals surface area contributed by atoms with Crippen LogP contribution >= 0.6 is 0 Å². The molecule has 0 aliphatic carbocycles. The molecule has 7 nitrogen and oxygen atoms in total. The van der Waals surface area contributed by atoms with Crippen molar-refractivity contribution in [2.24, 2.45) is 0 Å². The number of rotatable bonds is 5. The molecule has 0 amide bonds. The van der Waals surface area contributed by atoms with Crippen LogP contribution in [0.5, 0.6) is 11.8 Å². The number of nitrogens with one attached hydrogen (secondary N) is 1. The van der Waals surface area contributed by atoms with E-state index in [4.69, 9.17) is 9.72 Å². The number of piperazine rings is 1. The average Bonchev–Trinajstić information content (AvgIpc) is 3.62. The Morgan fingerprint density at radius 3 is 2.67 bits per heavy atom. The van der Waals surface area contributed by atoms with Crippen LogP contribution in [-0.2, 0) is 0 Å². The Morgan fingerprint density at radius 2 is 1.83 bits per heavy atom. The predicted molar refractivity (Wildman–Crippen MR) is 155 cm³/mol. The fourth-order valence-corrected chi connectivity index (χ4v) is 7.83. The maximum Gasteiger partial charge on any atom is 0.319 e. The van der Waals surface area contributed by atoms with Gasteiger partial charge in [-0.15, -0.1) is 0 Å². The van der Waals surface area contributed by atoms with Crippen molar-refractivity contribution in [3.63, 3.8) is 0 Å². The van der Waals surface area contributed by atoms with Gasteiger partial charge in [-0.05, 0) is 66.8 Å². The zero-order valence-corrected chi connectivity index (χ0v) is 23.1. The van der Waals surface area contributed by atoms with Crippen molar-refractivity contribution < 1.29 is 23.0 Å². The van der Waals surface area contributed by atoms with E-state index in [1.54, 1.807) is 24.3 Å². The number of alkyl halides is 1. The summed E-state index contributed by atoms with van der Waals surface area (Å²) in [4.78, 5) is 13.5. The van der Waals surface area contributed by atoms with E-state index in [1.165, 1.54) is 12.1 Å². The van der Waals surface area contributed by atoms with Gasteiger partial charge in [0.2, 0.25) is 0 Å². The number of benzene rings is 3. The van der Waals surface area contributed by atoms with Gasteiger partial charge in [0.25, 0.3) is 0 Å². The Balaban J connectivity index is 1.27. The molecule has 0 saturated carbocycles. The van der Waals surface area contributed by atoms with Gasteiger partial charge in [-0.1, -0.05) is 24.3 Å². The molecule has 4 aliphatic heterocycles. The topological polar surface area (TPSA) is 73.8 Å². The third kappa shape index (κ3) is 4.18. The quantitative estimate of drug-likeness (QED) is 0.333. The number of hydrogen-bond donors (Lipinski definition) is 2. The first-order valence-electron chi connectivity index (χ1n) is 14.8. The summed E-state index contributed by atoms with van der Waals surface area (Å²) in [7, 11) is 0. The van der Waals surface area contributed by atoms with Gasteiger partial charge in [0.05, 0.1) is 11.1 Å². The molecular formula is C32H32F3N5O2. The van der Waals surface area contributed by atoms with Crippen LogP contribution in [0.1, 0.15) is 32.1 Å². The summed E-state index contributed by atoms with van der Waals surface area (Å²) < 4.78 is 53.2. The maximum absolute atomic E-state index is 16.6. The molecule has 4 atom stereocenters. The van der Waals surface area contributed by atoms with Gasteiger partial charge < -0.3 is 20.1 Å². The number of halogens is 3. The number of nitrogens with zero attached hydrogens (tertiary/aromatic N) is 4. The van der Waals surface area contributed by atoms with Crippen molar-refractivity contribution >= 4 is 27.5 Å². The van der Waals surface area contributed by atoms with Crippen molar-refractivity contribution in [3.05, 3.63) is 54.1 Å². The van der Waals surface area contributed by atoms with E-state index in [0.717, 1.165) is 32.2 Å². The SMILES string of the molecule is Oc1cc(-c2c(F)cc3c(N4CC5CCC(C4)N5)nc(OC[C@]45CCCN4C[C@H](F)C5)nc3c2F)c2ccccc2c1. The van der Waals surface area contributed by atoms with Gasteiger partial charge in [0, 0.05) is 43.5 Å². The van der Waals surface area contributed by atoms with Gasteiger partial charge in [0.1, 0.15) is 35.7 Å². The van der Waals surface area contributed by atoms with Crippen molar-refractivity contribution in [2.75, 3.05) is 37.7 Å². The number of fused-ring (bicyclic) bond motifs is 5. The van der Waals surface area contributed by atoms with E-state index >= 15 is 8.78 Å². The monoisotopic (exact) mass is 575 g/mol. The van der Waals surface area contributed by atoms with Gasteiger partial charge in [-0.25, -0.2) is 13.2 Å². The Hall–Kier alpha value is -3.63. The highest BCUT2D eigenvalue weighted by Gasteiger charge is 2.49. The van der Waals surface area contributed by atoms with E-state index < -0.39 is 23.3 Å². The molecule has 0 spiro atoms. The Bertz CT molecular complexity index is 1710. The first-order chi connectivity index (χ1) is 20.4. The Kier molecular flexibility index (Phi) is 6.01. The molecule has 8 rings (SSSR count). The zero-order valence-electron chi connectivity index (χ0n) is 23.1. The van der Waals surface area contributed by atoms with Gasteiger partial charge in [-0.2, -0.15) is 9.97 Å². The van der Waals surface area contributed by atoms with Gasteiger partial charge >= 0.3 is 6.01 Å². The number of ether oxygens (including phenoxy) is 1. The summed E-state index contributed by atoms with van der Waals surface area (Å²) >= 11 is 0. The number of aromatic nitrogens is 2. The zero-order chi connectivity index (χ0) is 28.6. The molecule has 4 aliphatic rings. The second-order valence-corrected chi connectivity index (χ2v) is 12.4. The van der Waals surface area contributed by atoms with Crippen LogP contribution in [0.3, 0.4) is 0 Å². The first-order valence-corrected chi connectivity index (χ1v) is 14.8. The summed E-state index contributed by atoms with van der Waals surface area (Å²) in [6, 6.07) is 12.0. The highest BCUT2D eigenvalue weighted by Crippen LogP contribution is 2.42. The number of hydrogen-bond acceptors (Lipinski definition) is 7. The van der Waals surface area contributed by atoms with Crippen LogP contribution in [-0.4, -0.2) is 76.6 Å². The van der Waals surface area contributed by atoms with Crippen LogP contribution in [0.25, 0.3) is 32.8 Å². The normalized spacial score (nSPS) is 27.3. The highest BCUT2D eigenvalue weighted by atomic mass is 19.1. The van der Waals surface area contributed by atoms with Crippen molar-refractivity contribution in [2.45, 2.75) is 55.9 Å². The summed E-state index contributed by atoms with van der Waals surface area (Å²) in [6.07, 6.45) is 3.35. The standard InChI is InChI=1S/C32H32F3N5O2/c33-19-13-32(8-3-9-40(32)14-19)17-42-31-37-29-25(30(38-31)39-15-20-6-7-21(16-39)36-20)12-26(34)27(28(29)35)24-11-22(41)10-18-4-1-2-5-23(18)24/h1-2,4-5,10-12,19-21,36,41H,3,6-9,13-17H2/t19-,20?,21?,32-/m1/s1. The van der Waals surface area contributed by atoms with Crippen molar-refractivity contribution in [3.8, 4) is 22.9 Å². The van der Waals surface area contributed by atoms with E-state index in [-0.39, 0.29) is 52.5 Å². The lowest BCUT2D eigenvalue weighted by Gasteiger charge is -2.34. The molecule has 2 N–H and O–H groups in total. The maximum atomic E-state index is 16.6. The smallest absolute Gasteiger partial charge is 0.319 e. The summed E-state index contributed by atoms with van der Waals surface area (Å²) in [5.74, 6) is -1.24. The van der Waals surface area contributed by atoms with Crippen LogP contribution in [0, 0.1) is 11.6 Å². The third-order valence-corrected chi connectivity index (χ3v) is 9.71. The van der Waals surface area contributed by atoms with Gasteiger partial charge in [-0.3, -0.25) is 4.90 Å². The second-order valence-electron chi connectivity index (χ2n) is 12.4. The molecule has 2 unspecified atom stereocenters. The summed E-state index contributed by atoms with van der Waals surface area (Å²) in [6.45, 7) is 2.74. The van der Waals surface area contributed by atoms with Crippen LogP contribution in [0.2, 0.25) is 0 Å². The third-order valence-electron chi connectivity index (χ3n) is 9.71. The first kappa shape index (κ1) is 26.0. The Morgan fingerprint density at radius 1 is 1.02 bits per heavy atom. The Labute approximate surface area is 241 Å². The lowest BCUT2D eigenvalue weighted by molar-refractivity contribution is 0.107. The predicted octanol–water partition coefficient (Wildman–Crippen LogP) is 5.33. The molecule has 4 aromatic rings. The molecule has 1 aromatic heterocycles. The average molecular weight is 576 g/mol. The van der Waals surface area contributed by atoms with E-state index in [0.29, 0.717) is 42.6 Å². The fourth-order valence-electron chi connectivity index (χ4n) is 7.83. The van der Waals surface area contributed by atoms with Gasteiger partial charge in [0.15, 0.2) is 5.82 Å². The van der Waals surface area contributed by atoms with Crippen molar-refractivity contribution in [1.29, 1.82) is 0 Å². The molecule has 2 bridgehead atoms. The van der Waals surface area contributed by atoms with Crippen LogP contribution in [0.15, 0.2) is 42.5 Å². The molecule has 3 aromatic carbocycles. The number of aromatic hydroxyl groups is 1. The van der Waals surface area contributed by atoms with Crippen LogP contribution in [0.4, 0.5) is 19.0 Å². The summed E-state index contributed by atoms with van der Waals surface area (Å²) in [5, 5.41) is 15.6. The molecule has 5 heterocycles. The minimum Gasteiger partial charge on any atom is -0.508 e. The minimum absolute atomic E-state index is 0.00383. The lowest BCUT2D eigenvalue weighted by Crippen LogP contribution is -2.51. The molecule has 4 saturated heterocycles. The van der Waals surface area contributed by atoms with E-state index in [9.17, 15) is 9.50 Å². The molecule has 42 heavy (non-hydrogen) atoms. The molecule has 10 heteroatoms. The van der Waals surface area contributed by atoms with Crippen LogP contribution < -0.4 is 15.0 Å². The fraction of sp³-hybridized carbons (Fsp3) is 0.438. The summed E-state index contributed by atoms with van der Waals surface area (Å²) in [5.41, 5.74) is -0.479. The largest absolute Gasteiger partial charge is 0.508 e. The molecule has 4 fully saturated rings. The number of phenolic OH excluding ortho intramolecular Hbond substituents is 1. The molecule has 0 radical (unpaired) electrons. The number of anilines is 1. The lowest BCUT2D eigenvalue weighted by atomic mass is 9.95. The second kappa shape index (κ2) is 9.70.